The van der Waals surface area contributed by atoms with E-state index in [-0.39, 0.29) is 11.5 Å². The summed E-state index contributed by atoms with van der Waals surface area (Å²) in [6.45, 7) is 0. The fourth-order valence-corrected chi connectivity index (χ4v) is 1.15. The molecule has 0 atom stereocenters. The van der Waals surface area contributed by atoms with E-state index in [1.54, 1.807) is 12.1 Å². The Morgan fingerprint density at radius 1 is 1.11 bits per heavy atom. The summed E-state index contributed by atoms with van der Waals surface area (Å²) in [5.41, 5.74) is 0. The van der Waals surface area contributed by atoms with Crippen LogP contribution in [0.1, 0.15) is 0 Å². The van der Waals surface area contributed by atoms with Crippen molar-refractivity contribution in [1.29, 1.82) is 0 Å². The Morgan fingerprint density at radius 2 is 1.78 bits per heavy atom. The van der Waals surface area contributed by atoms with E-state index in [2.05, 4.69) is 0 Å². The van der Waals surface area contributed by atoms with E-state index in [0.717, 1.165) is 3.58 Å². The van der Waals surface area contributed by atoms with Crippen LogP contribution in [-0.2, 0) is 0 Å². The van der Waals surface area contributed by atoms with Gasteiger partial charge in [-0.05, 0) is 0 Å². The fraction of sp³-hybridized carbons (Fsp3) is 0. The van der Waals surface area contributed by atoms with Crippen LogP contribution in [0.3, 0.4) is 0 Å². The molecule has 2 N–H and O–H groups in total. The van der Waals surface area contributed by atoms with Gasteiger partial charge in [0.2, 0.25) is 0 Å². The molecule has 0 spiro atoms. The van der Waals surface area contributed by atoms with E-state index in [4.69, 9.17) is 10.2 Å². The van der Waals surface area contributed by atoms with E-state index in [0.29, 0.717) is 0 Å². The molecule has 3 heteroatoms. The van der Waals surface area contributed by atoms with Crippen LogP contribution in [0, 0.1) is 0 Å². The number of hydrogen-bond acceptors (Lipinski definition) is 2. The molecule has 0 fully saturated rings. The molecule has 2 nitrogen and oxygen atoms in total. The van der Waals surface area contributed by atoms with Crippen LogP contribution < -0.4 is 3.58 Å². The molecule has 1 rings (SSSR count). The Bertz CT molecular complexity index is 222. The third kappa shape index (κ3) is 1.51. The Kier molecular flexibility index (Phi) is 1.85. The molecule has 9 heavy (non-hydrogen) atoms. The third-order valence-electron chi connectivity index (χ3n) is 0.975. The first kappa shape index (κ1) is 6.73. The normalized spacial score (nSPS) is 9.44. The topological polar surface area (TPSA) is 40.5 Å². The van der Waals surface area contributed by atoms with Crippen LogP contribution in [0.4, 0.5) is 0 Å². The molecule has 45 valence electrons. The van der Waals surface area contributed by atoms with Crippen molar-refractivity contribution in [2.45, 2.75) is 0 Å². The molecule has 0 heterocycles. The molecule has 3 radical (unpaired) electrons. The second-order valence-electron chi connectivity index (χ2n) is 1.70. The Labute approximate surface area is 66.2 Å². The van der Waals surface area contributed by atoms with Crippen molar-refractivity contribution in [2.24, 2.45) is 0 Å². The zero-order valence-corrected chi connectivity index (χ0v) is 7.48. The number of phenolic OH excluding ortho intramolecular Hbond substituents is 2. The minimum absolute atomic E-state index is 0.0377. The van der Waals surface area contributed by atoms with Gasteiger partial charge in [-0.15, -0.1) is 0 Å². The zero-order chi connectivity index (χ0) is 6.85. The molecule has 0 aliphatic heterocycles. The van der Waals surface area contributed by atoms with Crippen LogP contribution in [0.2, 0.25) is 0 Å². The molecule has 1 aromatic carbocycles. The molecule has 0 amide bonds. The van der Waals surface area contributed by atoms with Gasteiger partial charge in [0, 0.05) is 0 Å². The summed E-state index contributed by atoms with van der Waals surface area (Å²) >= 11 is 1.23. The molecule has 0 aromatic heterocycles. The Balaban J connectivity index is 3.17. The summed E-state index contributed by atoms with van der Waals surface area (Å²) in [7, 11) is 0. The average Bonchev–Trinajstić information content (AvgIpc) is 1.80. The summed E-state index contributed by atoms with van der Waals surface area (Å²) in [4.78, 5) is 0. The van der Waals surface area contributed by atoms with Crippen LogP contribution in [0.5, 0.6) is 11.5 Å². The fourth-order valence-electron chi connectivity index (χ4n) is 0.523. The molecule has 0 aliphatic carbocycles. The first-order valence-corrected chi connectivity index (χ1v) is 3.86. The molecular formula is C6H5O2Sn. The maximum absolute atomic E-state index is 8.86. The van der Waals surface area contributed by atoms with Crippen molar-refractivity contribution in [3.63, 3.8) is 0 Å². The third-order valence-corrected chi connectivity index (χ3v) is 1.86. The average molecular weight is 228 g/mol. The number of phenols is 2. The standard InChI is InChI=1S/C6H5O2.Sn/c7-5-3-1-2-4-6(5)8;/h1,3-4,7-8H;. The van der Waals surface area contributed by atoms with Crippen molar-refractivity contribution in [3.05, 3.63) is 18.2 Å². The predicted octanol–water partition coefficient (Wildman–Crippen LogP) is -0.108. The minimum atomic E-state index is -0.0545. The SMILES string of the molecule is Oc1cc[c]([Sn])cc1O. The van der Waals surface area contributed by atoms with Gasteiger partial charge in [0.15, 0.2) is 0 Å². The molecule has 0 unspecified atom stereocenters. The summed E-state index contributed by atoms with van der Waals surface area (Å²) in [6.07, 6.45) is 0. The second kappa shape index (κ2) is 2.47. The predicted molar refractivity (Wildman–Crippen MR) is 35.2 cm³/mol. The molecular weight excluding hydrogens is 223 g/mol. The number of benzene rings is 1. The molecule has 0 bridgehead atoms. The van der Waals surface area contributed by atoms with Crippen LogP contribution in [-0.4, -0.2) is 32.7 Å². The van der Waals surface area contributed by atoms with Crippen molar-refractivity contribution in [1.82, 2.24) is 0 Å². The summed E-state index contributed by atoms with van der Waals surface area (Å²) in [5, 5.41) is 17.7. The van der Waals surface area contributed by atoms with E-state index in [1.165, 1.54) is 28.6 Å². The number of hydrogen-bond donors (Lipinski definition) is 2. The van der Waals surface area contributed by atoms with Gasteiger partial charge in [-0.25, -0.2) is 0 Å². The van der Waals surface area contributed by atoms with Gasteiger partial charge in [-0.3, -0.25) is 0 Å². The summed E-state index contributed by atoms with van der Waals surface area (Å²) < 4.78 is 1.03. The van der Waals surface area contributed by atoms with Gasteiger partial charge >= 0.3 is 66.0 Å². The Morgan fingerprint density at radius 3 is 2.22 bits per heavy atom. The van der Waals surface area contributed by atoms with Gasteiger partial charge in [0.1, 0.15) is 0 Å². The molecule has 1 aromatic rings. The maximum atomic E-state index is 8.86. The van der Waals surface area contributed by atoms with Crippen molar-refractivity contribution in [3.8, 4) is 11.5 Å². The zero-order valence-electron chi connectivity index (χ0n) is 4.63. The summed E-state index contributed by atoms with van der Waals surface area (Å²) in [6, 6.07) is 4.81. The van der Waals surface area contributed by atoms with Gasteiger partial charge in [-0.1, -0.05) is 0 Å². The van der Waals surface area contributed by atoms with Gasteiger partial charge in [0.25, 0.3) is 0 Å². The van der Waals surface area contributed by atoms with Gasteiger partial charge in [0.05, 0.1) is 0 Å². The van der Waals surface area contributed by atoms with Crippen molar-refractivity contribution >= 4 is 26.1 Å². The molecule has 0 saturated heterocycles. The summed E-state index contributed by atoms with van der Waals surface area (Å²) in [5.74, 6) is -0.0922. The van der Waals surface area contributed by atoms with Crippen molar-refractivity contribution < 1.29 is 10.2 Å². The first-order chi connectivity index (χ1) is 4.20. The second-order valence-corrected chi connectivity index (χ2v) is 3.35. The monoisotopic (exact) mass is 229 g/mol. The quantitative estimate of drug-likeness (QED) is 0.480. The molecule has 0 aliphatic rings. The number of rotatable bonds is 0. The van der Waals surface area contributed by atoms with E-state index < -0.39 is 0 Å². The van der Waals surface area contributed by atoms with Crippen LogP contribution in [0.15, 0.2) is 18.2 Å². The van der Waals surface area contributed by atoms with Crippen molar-refractivity contribution in [2.75, 3.05) is 0 Å². The van der Waals surface area contributed by atoms with E-state index >= 15 is 0 Å². The molecule has 0 saturated carbocycles. The van der Waals surface area contributed by atoms with Crippen LogP contribution in [0.25, 0.3) is 0 Å². The number of aromatic hydroxyl groups is 2. The van der Waals surface area contributed by atoms with E-state index in [9.17, 15) is 0 Å². The van der Waals surface area contributed by atoms with Gasteiger partial charge in [-0.2, -0.15) is 0 Å². The van der Waals surface area contributed by atoms with Gasteiger partial charge < -0.3 is 0 Å². The van der Waals surface area contributed by atoms with Crippen LogP contribution >= 0.6 is 0 Å². The Hall–Kier alpha value is -0.381. The van der Waals surface area contributed by atoms with E-state index in [1.807, 2.05) is 0 Å². The first-order valence-electron chi connectivity index (χ1n) is 2.44.